The van der Waals surface area contributed by atoms with E-state index in [1.807, 2.05) is 35.0 Å². The van der Waals surface area contributed by atoms with Gasteiger partial charge in [0.25, 0.3) is 0 Å². The van der Waals surface area contributed by atoms with Crippen molar-refractivity contribution in [1.82, 2.24) is 20.4 Å². The number of carbonyl (C=O) groups is 1. The summed E-state index contributed by atoms with van der Waals surface area (Å²) in [5.41, 5.74) is 2.04. The highest BCUT2D eigenvalue weighted by Crippen LogP contribution is 2.19. The zero-order valence-corrected chi connectivity index (χ0v) is 16.9. The summed E-state index contributed by atoms with van der Waals surface area (Å²) in [6.45, 7) is 4.00. The standard InChI is InChI=1S/C21H24N4O3S/c26-19(6-7-20-23-21(24-28-20)17-8-13-29-15-17)22-18(16-4-2-1-3-5-16)14-25-9-11-27-12-10-25/h1-5,8,13,15,18H,6-7,9-12,14H2,(H,22,26). The molecule has 0 spiro atoms. The maximum atomic E-state index is 12.6. The summed E-state index contributed by atoms with van der Waals surface area (Å²) in [7, 11) is 0. The van der Waals surface area contributed by atoms with Crippen LogP contribution in [-0.4, -0.2) is 53.8 Å². The van der Waals surface area contributed by atoms with Crippen molar-refractivity contribution in [2.24, 2.45) is 0 Å². The summed E-state index contributed by atoms with van der Waals surface area (Å²) in [6, 6.07) is 12.0. The first kappa shape index (κ1) is 19.8. The van der Waals surface area contributed by atoms with Crippen molar-refractivity contribution in [3.8, 4) is 11.4 Å². The Morgan fingerprint density at radius 3 is 2.79 bits per heavy atom. The van der Waals surface area contributed by atoms with Crippen LogP contribution in [0.5, 0.6) is 0 Å². The number of morpholine rings is 1. The van der Waals surface area contributed by atoms with Crippen LogP contribution in [0.25, 0.3) is 11.4 Å². The van der Waals surface area contributed by atoms with Gasteiger partial charge in [-0.15, -0.1) is 0 Å². The van der Waals surface area contributed by atoms with Gasteiger partial charge in [-0.25, -0.2) is 0 Å². The van der Waals surface area contributed by atoms with Crippen LogP contribution in [0, 0.1) is 0 Å². The van der Waals surface area contributed by atoms with Crippen LogP contribution in [0.1, 0.15) is 23.9 Å². The van der Waals surface area contributed by atoms with Gasteiger partial charge in [-0.05, 0) is 17.0 Å². The molecule has 1 atom stereocenters. The third kappa shape index (κ3) is 5.50. The minimum absolute atomic E-state index is 0.0256. The normalized spacial score (nSPS) is 15.9. The number of aryl methyl sites for hydroxylation is 1. The molecule has 1 aliphatic rings. The van der Waals surface area contributed by atoms with E-state index in [9.17, 15) is 4.79 Å². The van der Waals surface area contributed by atoms with Crippen molar-refractivity contribution >= 4 is 17.2 Å². The summed E-state index contributed by atoms with van der Waals surface area (Å²) >= 11 is 1.58. The Hall–Kier alpha value is -2.55. The van der Waals surface area contributed by atoms with Gasteiger partial charge >= 0.3 is 0 Å². The predicted octanol–water partition coefficient (Wildman–Crippen LogP) is 2.92. The second-order valence-electron chi connectivity index (χ2n) is 6.97. The van der Waals surface area contributed by atoms with Gasteiger partial charge in [-0.3, -0.25) is 9.69 Å². The number of ether oxygens (including phenoxy) is 1. The smallest absolute Gasteiger partial charge is 0.227 e. The van der Waals surface area contributed by atoms with Crippen LogP contribution in [0.2, 0.25) is 0 Å². The molecule has 1 saturated heterocycles. The van der Waals surface area contributed by atoms with Crippen molar-refractivity contribution in [3.63, 3.8) is 0 Å². The third-order valence-corrected chi connectivity index (χ3v) is 5.58. The maximum absolute atomic E-state index is 12.6. The fourth-order valence-electron chi connectivity index (χ4n) is 3.31. The SMILES string of the molecule is O=C(CCc1nc(-c2ccsc2)no1)NC(CN1CCOCC1)c1ccccc1. The van der Waals surface area contributed by atoms with Gasteiger partial charge in [0.15, 0.2) is 0 Å². The van der Waals surface area contributed by atoms with Crippen molar-refractivity contribution in [2.75, 3.05) is 32.8 Å². The van der Waals surface area contributed by atoms with Crippen molar-refractivity contribution in [3.05, 3.63) is 58.6 Å². The highest BCUT2D eigenvalue weighted by Gasteiger charge is 2.20. The van der Waals surface area contributed by atoms with Crippen molar-refractivity contribution in [2.45, 2.75) is 18.9 Å². The molecule has 7 nitrogen and oxygen atoms in total. The number of nitrogens with one attached hydrogen (secondary N) is 1. The number of hydrogen-bond donors (Lipinski definition) is 1. The van der Waals surface area contributed by atoms with Crippen LogP contribution >= 0.6 is 11.3 Å². The summed E-state index contributed by atoms with van der Waals surface area (Å²) in [4.78, 5) is 19.3. The summed E-state index contributed by atoms with van der Waals surface area (Å²) in [5, 5.41) is 11.1. The van der Waals surface area contributed by atoms with Gasteiger partial charge < -0.3 is 14.6 Å². The molecule has 0 aliphatic carbocycles. The number of rotatable bonds is 8. The Balaban J connectivity index is 1.34. The molecule has 29 heavy (non-hydrogen) atoms. The molecule has 8 heteroatoms. The fourth-order valence-corrected chi connectivity index (χ4v) is 3.95. The molecule has 1 N–H and O–H groups in total. The van der Waals surface area contributed by atoms with E-state index in [0.29, 0.717) is 24.6 Å². The van der Waals surface area contributed by atoms with E-state index in [2.05, 4.69) is 32.5 Å². The molecular weight excluding hydrogens is 388 g/mol. The molecule has 152 valence electrons. The monoisotopic (exact) mass is 412 g/mol. The Labute approximate surface area is 173 Å². The van der Waals surface area contributed by atoms with Gasteiger partial charge in [-0.2, -0.15) is 16.3 Å². The van der Waals surface area contributed by atoms with E-state index in [-0.39, 0.29) is 11.9 Å². The molecule has 1 amide bonds. The first-order chi connectivity index (χ1) is 14.3. The molecule has 1 fully saturated rings. The van der Waals surface area contributed by atoms with E-state index >= 15 is 0 Å². The lowest BCUT2D eigenvalue weighted by Gasteiger charge is -2.31. The van der Waals surface area contributed by atoms with Crippen LogP contribution < -0.4 is 5.32 Å². The molecule has 4 rings (SSSR count). The van der Waals surface area contributed by atoms with Gasteiger partial charge in [0.05, 0.1) is 19.3 Å². The fraction of sp³-hybridized carbons (Fsp3) is 0.381. The minimum Gasteiger partial charge on any atom is -0.379 e. The van der Waals surface area contributed by atoms with Gasteiger partial charge in [0, 0.05) is 43.4 Å². The molecular formula is C21H24N4O3S. The number of hydrogen-bond acceptors (Lipinski definition) is 7. The highest BCUT2D eigenvalue weighted by atomic mass is 32.1. The number of amides is 1. The molecule has 2 aromatic heterocycles. The largest absolute Gasteiger partial charge is 0.379 e. The van der Waals surface area contributed by atoms with Crippen LogP contribution in [0.3, 0.4) is 0 Å². The number of nitrogens with zero attached hydrogens (tertiary/aromatic N) is 3. The molecule has 0 radical (unpaired) electrons. The summed E-state index contributed by atoms with van der Waals surface area (Å²) in [6.07, 6.45) is 0.722. The molecule has 0 bridgehead atoms. The first-order valence-electron chi connectivity index (χ1n) is 9.77. The zero-order valence-electron chi connectivity index (χ0n) is 16.1. The van der Waals surface area contributed by atoms with E-state index in [0.717, 1.165) is 44.0 Å². The van der Waals surface area contributed by atoms with E-state index < -0.39 is 0 Å². The van der Waals surface area contributed by atoms with E-state index in [1.54, 1.807) is 11.3 Å². The minimum atomic E-state index is -0.0640. The van der Waals surface area contributed by atoms with Gasteiger partial charge in [-0.1, -0.05) is 35.5 Å². The average molecular weight is 413 g/mol. The molecule has 1 aliphatic heterocycles. The number of thiophene rings is 1. The predicted molar refractivity (Wildman–Crippen MR) is 111 cm³/mol. The van der Waals surface area contributed by atoms with Crippen molar-refractivity contribution < 1.29 is 14.1 Å². The second-order valence-corrected chi connectivity index (χ2v) is 7.75. The Kier molecular flexibility index (Phi) is 6.66. The van der Waals surface area contributed by atoms with Crippen LogP contribution in [-0.2, 0) is 16.0 Å². The number of carbonyl (C=O) groups excluding carboxylic acids is 1. The number of aromatic nitrogens is 2. The summed E-state index contributed by atoms with van der Waals surface area (Å²) < 4.78 is 10.7. The van der Waals surface area contributed by atoms with Crippen molar-refractivity contribution in [1.29, 1.82) is 0 Å². The lowest BCUT2D eigenvalue weighted by Crippen LogP contribution is -2.43. The summed E-state index contributed by atoms with van der Waals surface area (Å²) in [5.74, 6) is 1.02. The quantitative estimate of drug-likeness (QED) is 0.613. The Morgan fingerprint density at radius 2 is 2.03 bits per heavy atom. The first-order valence-corrected chi connectivity index (χ1v) is 10.7. The number of benzene rings is 1. The third-order valence-electron chi connectivity index (χ3n) is 4.90. The second kappa shape index (κ2) is 9.78. The van der Waals surface area contributed by atoms with Gasteiger partial charge in [0.2, 0.25) is 17.6 Å². The topological polar surface area (TPSA) is 80.5 Å². The molecule has 1 unspecified atom stereocenters. The molecule has 0 saturated carbocycles. The average Bonchev–Trinajstić information content (AvgIpc) is 3.45. The van der Waals surface area contributed by atoms with E-state index in [4.69, 9.17) is 9.26 Å². The molecule has 3 aromatic rings. The highest BCUT2D eigenvalue weighted by molar-refractivity contribution is 7.08. The maximum Gasteiger partial charge on any atom is 0.227 e. The van der Waals surface area contributed by atoms with Gasteiger partial charge in [0.1, 0.15) is 0 Å². The lowest BCUT2D eigenvalue weighted by atomic mass is 10.1. The van der Waals surface area contributed by atoms with Crippen LogP contribution in [0.4, 0.5) is 0 Å². The Morgan fingerprint density at radius 1 is 1.21 bits per heavy atom. The lowest BCUT2D eigenvalue weighted by molar-refractivity contribution is -0.122. The molecule has 3 heterocycles. The van der Waals surface area contributed by atoms with E-state index in [1.165, 1.54) is 0 Å². The zero-order chi connectivity index (χ0) is 19.9. The van der Waals surface area contributed by atoms with Crippen LogP contribution in [0.15, 0.2) is 51.7 Å². The Bertz CT molecular complexity index is 892. The molecule has 1 aromatic carbocycles.